The Morgan fingerprint density at radius 3 is 2.43 bits per heavy atom. The molecule has 2 heterocycles. The van der Waals surface area contributed by atoms with Crippen LogP contribution in [0, 0.1) is 11.6 Å². The molecule has 0 unspecified atom stereocenters. The van der Waals surface area contributed by atoms with Crippen molar-refractivity contribution in [1.29, 1.82) is 0 Å². The fourth-order valence-corrected chi connectivity index (χ4v) is 3.42. The van der Waals surface area contributed by atoms with Gasteiger partial charge in [-0.2, -0.15) is 0 Å². The summed E-state index contributed by atoms with van der Waals surface area (Å²) in [6.07, 6.45) is 1.75. The molecule has 0 atom stereocenters. The minimum Gasteiger partial charge on any atom is -0.478 e. The molecule has 0 aliphatic carbocycles. The molecule has 0 fully saturated rings. The van der Waals surface area contributed by atoms with Crippen LogP contribution in [0.4, 0.5) is 8.78 Å². The number of carboxylic acid groups (broad SMARTS) is 1. The fraction of sp³-hybridized carbons (Fsp3) is 0. The van der Waals surface area contributed by atoms with E-state index >= 15 is 0 Å². The number of benzene rings is 2. The van der Waals surface area contributed by atoms with Crippen LogP contribution in [0.1, 0.15) is 10.4 Å². The summed E-state index contributed by atoms with van der Waals surface area (Å²) < 4.78 is 28.7. The predicted molar refractivity (Wildman–Crippen MR) is 103 cm³/mol. The monoisotopic (exact) mass is 419 g/mol. The zero-order chi connectivity index (χ0) is 19.0. The van der Waals surface area contributed by atoms with Gasteiger partial charge in [0.05, 0.1) is 5.56 Å². The Bertz CT molecular complexity index is 1170. The van der Waals surface area contributed by atoms with Crippen LogP contribution in [0.3, 0.4) is 0 Å². The van der Waals surface area contributed by atoms with Crippen molar-refractivity contribution in [2.24, 2.45) is 0 Å². The van der Waals surface area contributed by atoms with Gasteiger partial charge >= 0.3 is 5.97 Å². The zero-order valence-corrected chi connectivity index (χ0v) is 15.7. The van der Waals surface area contributed by atoms with E-state index in [9.17, 15) is 13.6 Å². The summed E-state index contributed by atoms with van der Waals surface area (Å²) in [4.78, 5) is 12.0. The van der Waals surface area contributed by atoms with Gasteiger partial charge in [0.1, 0.15) is 11.6 Å². The van der Waals surface area contributed by atoms with Crippen molar-refractivity contribution in [1.82, 2.24) is 14.6 Å². The van der Waals surface area contributed by atoms with E-state index in [1.165, 1.54) is 24.3 Å². The molecule has 1 N–H and O–H groups in total. The quantitative estimate of drug-likeness (QED) is 0.507. The number of aromatic nitrogens is 3. The highest BCUT2D eigenvalue weighted by atomic mass is 35.5. The molecule has 4 rings (SSSR count). The highest BCUT2D eigenvalue weighted by Gasteiger charge is 2.12. The number of halogens is 3. The predicted octanol–water partition coefficient (Wildman–Crippen LogP) is 4.95. The Kier molecular flexibility index (Phi) is 5.62. The third kappa shape index (κ3) is 3.83. The van der Waals surface area contributed by atoms with Crippen LogP contribution in [0.2, 0.25) is 0 Å². The summed E-state index contributed by atoms with van der Waals surface area (Å²) in [5, 5.41) is 17.2. The second-order valence-corrected chi connectivity index (χ2v) is 6.79. The third-order valence-electron chi connectivity index (χ3n) is 3.89. The van der Waals surface area contributed by atoms with E-state index < -0.39 is 17.6 Å². The van der Waals surface area contributed by atoms with Crippen LogP contribution in [0.25, 0.3) is 17.0 Å². The van der Waals surface area contributed by atoms with Crippen LogP contribution >= 0.6 is 24.2 Å². The lowest BCUT2D eigenvalue weighted by Gasteiger charge is -2.06. The standard InChI is InChI=1S/C19H11F2N3O2S.ClH/c20-13-5-7-16(15(21)9-13)27-14-6-8-17-22-23-18(24(17)10-14)11-1-3-12(4-2-11)19(25)26;/h1-10H,(H,25,26);1H. The van der Waals surface area contributed by atoms with Gasteiger partial charge in [-0.05, 0) is 36.4 Å². The van der Waals surface area contributed by atoms with E-state index in [4.69, 9.17) is 5.11 Å². The Balaban J connectivity index is 0.00000225. The average Bonchev–Trinajstić information content (AvgIpc) is 3.07. The summed E-state index contributed by atoms with van der Waals surface area (Å²) in [5.41, 5.74) is 1.47. The van der Waals surface area contributed by atoms with Crippen molar-refractivity contribution < 1.29 is 18.7 Å². The van der Waals surface area contributed by atoms with Gasteiger partial charge in [0.2, 0.25) is 0 Å². The maximum absolute atomic E-state index is 13.9. The van der Waals surface area contributed by atoms with Crippen LogP contribution < -0.4 is 0 Å². The molecule has 0 amide bonds. The summed E-state index contributed by atoms with van der Waals surface area (Å²) >= 11 is 1.16. The first-order valence-corrected chi connectivity index (χ1v) is 8.64. The smallest absolute Gasteiger partial charge is 0.335 e. The second kappa shape index (κ2) is 7.95. The fourth-order valence-electron chi connectivity index (χ4n) is 2.58. The first kappa shape index (κ1) is 19.8. The van der Waals surface area contributed by atoms with E-state index in [0.717, 1.165) is 22.7 Å². The minimum absolute atomic E-state index is 0. The van der Waals surface area contributed by atoms with Gasteiger partial charge in [-0.3, -0.25) is 4.40 Å². The Morgan fingerprint density at radius 2 is 1.75 bits per heavy atom. The lowest BCUT2D eigenvalue weighted by atomic mass is 10.1. The van der Waals surface area contributed by atoms with Gasteiger partial charge < -0.3 is 5.11 Å². The molecule has 0 saturated carbocycles. The molecule has 5 nitrogen and oxygen atoms in total. The van der Waals surface area contributed by atoms with Crippen molar-refractivity contribution in [2.45, 2.75) is 9.79 Å². The molecule has 0 spiro atoms. The SMILES string of the molecule is Cl.O=C(O)c1ccc(-c2nnc3ccc(Sc4ccc(F)cc4F)cn23)cc1. The number of hydrogen-bond donors (Lipinski definition) is 1. The van der Waals surface area contributed by atoms with Crippen molar-refractivity contribution in [3.63, 3.8) is 0 Å². The normalized spacial score (nSPS) is 10.6. The van der Waals surface area contributed by atoms with Crippen LogP contribution in [0.15, 0.2) is 70.6 Å². The molecule has 28 heavy (non-hydrogen) atoms. The molecule has 0 aliphatic heterocycles. The number of rotatable bonds is 4. The van der Waals surface area contributed by atoms with E-state index in [1.54, 1.807) is 34.9 Å². The molecule has 0 aliphatic rings. The lowest BCUT2D eigenvalue weighted by molar-refractivity contribution is 0.0697. The van der Waals surface area contributed by atoms with Gasteiger partial charge in [0.25, 0.3) is 0 Å². The number of nitrogens with zero attached hydrogens (tertiary/aromatic N) is 3. The first-order chi connectivity index (χ1) is 13.0. The van der Waals surface area contributed by atoms with Gasteiger partial charge in [0, 0.05) is 27.6 Å². The van der Waals surface area contributed by atoms with Gasteiger partial charge in [-0.15, -0.1) is 22.6 Å². The van der Waals surface area contributed by atoms with E-state index in [0.29, 0.717) is 21.9 Å². The molecular weight excluding hydrogens is 408 g/mol. The number of fused-ring (bicyclic) bond motifs is 1. The molecule has 142 valence electrons. The summed E-state index contributed by atoms with van der Waals surface area (Å²) in [6.45, 7) is 0. The molecule has 9 heteroatoms. The number of carboxylic acids is 1. The maximum atomic E-state index is 13.9. The van der Waals surface area contributed by atoms with Crippen LogP contribution in [-0.4, -0.2) is 25.7 Å². The topological polar surface area (TPSA) is 67.5 Å². The van der Waals surface area contributed by atoms with Gasteiger partial charge in [0.15, 0.2) is 11.5 Å². The Hall–Kier alpha value is -2.97. The highest BCUT2D eigenvalue weighted by molar-refractivity contribution is 7.99. The van der Waals surface area contributed by atoms with E-state index in [1.807, 2.05) is 0 Å². The van der Waals surface area contributed by atoms with Crippen molar-refractivity contribution >= 4 is 35.8 Å². The summed E-state index contributed by atoms with van der Waals surface area (Å²) in [7, 11) is 0. The van der Waals surface area contributed by atoms with Crippen molar-refractivity contribution in [2.75, 3.05) is 0 Å². The maximum Gasteiger partial charge on any atom is 0.335 e. The van der Waals surface area contributed by atoms with Crippen molar-refractivity contribution in [3.05, 3.63) is 78.0 Å². The third-order valence-corrected chi connectivity index (χ3v) is 4.92. The minimum atomic E-state index is -1.01. The molecule has 0 saturated heterocycles. The second-order valence-electron chi connectivity index (χ2n) is 5.68. The largest absolute Gasteiger partial charge is 0.478 e. The lowest BCUT2D eigenvalue weighted by Crippen LogP contribution is -1.96. The zero-order valence-electron chi connectivity index (χ0n) is 14.0. The Morgan fingerprint density at radius 1 is 1.00 bits per heavy atom. The van der Waals surface area contributed by atoms with Gasteiger partial charge in [-0.25, -0.2) is 13.6 Å². The molecule has 2 aromatic carbocycles. The van der Waals surface area contributed by atoms with E-state index in [2.05, 4.69) is 10.2 Å². The highest BCUT2D eigenvalue weighted by Crippen LogP contribution is 2.31. The molecule has 0 bridgehead atoms. The van der Waals surface area contributed by atoms with Crippen LogP contribution in [0.5, 0.6) is 0 Å². The Labute approximate surface area is 168 Å². The molecule has 2 aromatic heterocycles. The summed E-state index contributed by atoms with van der Waals surface area (Å²) in [5.74, 6) is -1.73. The van der Waals surface area contributed by atoms with Gasteiger partial charge in [-0.1, -0.05) is 23.9 Å². The molecular formula is C19H12ClF2N3O2S. The average molecular weight is 420 g/mol. The van der Waals surface area contributed by atoms with Crippen molar-refractivity contribution in [3.8, 4) is 11.4 Å². The van der Waals surface area contributed by atoms with Crippen LogP contribution in [-0.2, 0) is 0 Å². The summed E-state index contributed by atoms with van der Waals surface area (Å²) in [6, 6.07) is 13.2. The number of carbonyl (C=O) groups is 1. The number of hydrogen-bond acceptors (Lipinski definition) is 4. The first-order valence-electron chi connectivity index (χ1n) is 7.83. The molecule has 4 aromatic rings. The van der Waals surface area contributed by atoms with E-state index in [-0.39, 0.29) is 18.0 Å². The number of pyridine rings is 1. The molecule has 0 radical (unpaired) electrons. The number of aromatic carboxylic acids is 1.